The summed E-state index contributed by atoms with van der Waals surface area (Å²) in [5.41, 5.74) is 6.69. The molecule has 0 unspecified atom stereocenters. The van der Waals surface area contributed by atoms with E-state index in [0.717, 1.165) is 24.9 Å². The zero-order valence-electron chi connectivity index (χ0n) is 11.7. The maximum Gasteiger partial charge on any atom is 0.227 e. The van der Waals surface area contributed by atoms with Crippen molar-refractivity contribution in [3.8, 4) is 6.07 Å². The number of nitrogens with two attached hydrogens (primary N) is 1. The highest BCUT2D eigenvalue weighted by molar-refractivity contribution is 5.93. The molecule has 0 spiro atoms. The molecule has 2 N–H and O–H groups in total. The van der Waals surface area contributed by atoms with Gasteiger partial charge in [-0.1, -0.05) is 24.6 Å². The number of rotatable bonds is 6. The lowest BCUT2D eigenvalue weighted by Crippen LogP contribution is -2.43. The summed E-state index contributed by atoms with van der Waals surface area (Å²) in [5, 5.41) is 8.77. The average Bonchev–Trinajstić information content (AvgIpc) is 2.44. The maximum absolute atomic E-state index is 12.6. The Hall–Kier alpha value is -1.86. The lowest BCUT2D eigenvalue weighted by Gasteiger charge is -2.41. The molecule has 0 radical (unpaired) electrons. The van der Waals surface area contributed by atoms with Crippen LogP contribution in [0.3, 0.4) is 0 Å². The van der Waals surface area contributed by atoms with Gasteiger partial charge in [-0.3, -0.25) is 4.79 Å². The summed E-state index contributed by atoms with van der Waals surface area (Å²) in [7, 11) is 0. The van der Waals surface area contributed by atoms with Gasteiger partial charge in [0.15, 0.2) is 0 Å². The molecule has 4 nitrogen and oxygen atoms in total. The van der Waals surface area contributed by atoms with Gasteiger partial charge >= 0.3 is 0 Å². The molecule has 2 rings (SSSR count). The predicted molar refractivity (Wildman–Crippen MR) is 79.0 cm³/mol. The van der Waals surface area contributed by atoms with Crippen molar-refractivity contribution in [1.82, 2.24) is 0 Å². The highest BCUT2D eigenvalue weighted by Gasteiger charge is 2.38. The van der Waals surface area contributed by atoms with Gasteiger partial charge in [0.05, 0.1) is 12.5 Å². The number of carbonyl (C=O) groups excluding carboxylic acids is 1. The van der Waals surface area contributed by atoms with Crippen molar-refractivity contribution < 1.29 is 4.79 Å². The Morgan fingerprint density at radius 1 is 1.35 bits per heavy atom. The molecule has 0 bridgehead atoms. The van der Waals surface area contributed by atoms with Crippen molar-refractivity contribution in [3.05, 3.63) is 30.3 Å². The molecular weight excluding hydrogens is 250 g/mol. The van der Waals surface area contributed by atoms with E-state index < -0.39 is 0 Å². The average molecular weight is 271 g/mol. The lowest BCUT2D eigenvalue weighted by atomic mass is 9.66. The van der Waals surface area contributed by atoms with Gasteiger partial charge in [-0.25, -0.2) is 0 Å². The molecule has 1 aliphatic carbocycles. The molecule has 106 valence electrons. The Labute approximate surface area is 120 Å². The van der Waals surface area contributed by atoms with Gasteiger partial charge in [-0.15, -0.1) is 0 Å². The molecule has 1 fully saturated rings. The minimum absolute atomic E-state index is 0.00322. The third-order valence-corrected chi connectivity index (χ3v) is 4.19. The largest absolute Gasteiger partial charge is 0.330 e. The van der Waals surface area contributed by atoms with E-state index in [1.54, 1.807) is 4.90 Å². The predicted octanol–water partition coefficient (Wildman–Crippen LogP) is 2.45. The molecule has 0 heterocycles. The smallest absolute Gasteiger partial charge is 0.227 e. The third-order valence-electron chi connectivity index (χ3n) is 4.19. The summed E-state index contributed by atoms with van der Waals surface area (Å²) < 4.78 is 0. The van der Waals surface area contributed by atoms with E-state index in [1.807, 2.05) is 30.3 Å². The van der Waals surface area contributed by atoms with Gasteiger partial charge in [0.25, 0.3) is 0 Å². The van der Waals surface area contributed by atoms with Crippen molar-refractivity contribution in [1.29, 1.82) is 5.26 Å². The topological polar surface area (TPSA) is 70.1 Å². The number of para-hydroxylation sites is 1. The molecule has 0 aliphatic heterocycles. The first-order valence-electron chi connectivity index (χ1n) is 7.13. The van der Waals surface area contributed by atoms with E-state index in [1.165, 1.54) is 0 Å². The molecule has 4 heteroatoms. The van der Waals surface area contributed by atoms with E-state index in [-0.39, 0.29) is 11.3 Å². The number of anilines is 1. The fourth-order valence-corrected chi connectivity index (χ4v) is 2.71. The SMILES string of the molecule is N#CCCN(C(=O)CC1(CN)CCC1)c1ccccc1. The summed E-state index contributed by atoms with van der Waals surface area (Å²) in [6, 6.07) is 11.7. The number of nitriles is 1. The van der Waals surface area contributed by atoms with Crippen LogP contribution in [0.5, 0.6) is 0 Å². The zero-order chi connectivity index (χ0) is 14.4. The van der Waals surface area contributed by atoms with Crippen LogP contribution < -0.4 is 10.6 Å². The standard InChI is InChI=1S/C16H21N3O/c17-10-5-11-19(14-6-2-1-3-7-14)15(20)12-16(13-18)8-4-9-16/h1-3,6-7H,4-5,8-9,11-13,18H2. The Balaban J connectivity index is 2.10. The second-order valence-electron chi connectivity index (χ2n) is 5.52. The Morgan fingerprint density at radius 3 is 2.55 bits per heavy atom. The van der Waals surface area contributed by atoms with Crippen LogP contribution in [-0.4, -0.2) is 19.0 Å². The fraction of sp³-hybridized carbons (Fsp3) is 0.500. The number of hydrogen-bond donors (Lipinski definition) is 1. The van der Waals surface area contributed by atoms with Gasteiger partial charge in [0, 0.05) is 18.7 Å². The number of amides is 1. The lowest BCUT2D eigenvalue weighted by molar-refractivity contribution is -0.122. The molecule has 1 saturated carbocycles. The van der Waals surface area contributed by atoms with Gasteiger partial charge < -0.3 is 10.6 Å². The second-order valence-corrected chi connectivity index (χ2v) is 5.52. The van der Waals surface area contributed by atoms with E-state index >= 15 is 0 Å². The molecule has 1 aliphatic rings. The molecule has 1 aromatic rings. The highest BCUT2D eigenvalue weighted by Crippen LogP contribution is 2.43. The van der Waals surface area contributed by atoms with Crippen LogP contribution in [-0.2, 0) is 4.79 Å². The summed E-state index contributed by atoms with van der Waals surface area (Å²) in [5.74, 6) is 0.0802. The van der Waals surface area contributed by atoms with Gasteiger partial charge in [-0.2, -0.15) is 5.26 Å². The third kappa shape index (κ3) is 3.17. The van der Waals surface area contributed by atoms with Crippen LogP contribution in [0.15, 0.2) is 30.3 Å². The van der Waals surface area contributed by atoms with Crippen LogP contribution in [0.25, 0.3) is 0 Å². The molecule has 1 aromatic carbocycles. The van der Waals surface area contributed by atoms with E-state index in [2.05, 4.69) is 6.07 Å². The number of hydrogen-bond acceptors (Lipinski definition) is 3. The first-order valence-corrected chi connectivity index (χ1v) is 7.13. The van der Waals surface area contributed by atoms with Crippen LogP contribution >= 0.6 is 0 Å². The summed E-state index contributed by atoms with van der Waals surface area (Å²) in [6.07, 6.45) is 4.07. The maximum atomic E-state index is 12.6. The quantitative estimate of drug-likeness (QED) is 0.864. The van der Waals surface area contributed by atoms with E-state index in [4.69, 9.17) is 11.0 Å². The van der Waals surface area contributed by atoms with Gasteiger partial charge in [0.2, 0.25) is 5.91 Å². The van der Waals surface area contributed by atoms with Crippen LogP contribution in [0.4, 0.5) is 5.69 Å². The van der Waals surface area contributed by atoms with Gasteiger partial charge in [-0.05, 0) is 36.9 Å². The van der Waals surface area contributed by atoms with Gasteiger partial charge in [0.1, 0.15) is 0 Å². The summed E-state index contributed by atoms with van der Waals surface area (Å²) >= 11 is 0. The van der Waals surface area contributed by atoms with Crippen molar-refractivity contribution in [3.63, 3.8) is 0 Å². The monoisotopic (exact) mass is 271 g/mol. The van der Waals surface area contributed by atoms with Crippen molar-refractivity contribution >= 4 is 11.6 Å². The first-order chi connectivity index (χ1) is 9.71. The number of carbonyl (C=O) groups is 1. The van der Waals surface area contributed by atoms with Crippen molar-refractivity contribution in [2.45, 2.75) is 32.1 Å². The van der Waals surface area contributed by atoms with Crippen LogP contribution in [0, 0.1) is 16.7 Å². The Morgan fingerprint density at radius 2 is 2.05 bits per heavy atom. The molecule has 0 saturated heterocycles. The Bertz CT molecular complexity index is 483. The minimum Gasteiger partial charge on any atom is -0.330 e. The van der Waals surface area contributed by atoms with Crippen molar-refractivity contribution in [2.24, 2.45) is 11.1 Å². The Kier molecular flexibility index (Phi) is 4.75. The van der Waals surface area contributed by atoms with Crippen LogP contribution in [0.2, 0.25) is 0 Å². The summed E-state index contributed by atoms with van der Waals surface area (Å²) in [4.78, 5) is 14.3. The second kappa shape index (κ2) is 6.53. The van der Waals surface area contributed by atoms with E-state index in [9.17, 15) is 4.79 Å². The van der Waals surface area contributed by atoms with Crippen LogP contribution in [0.1, 0.15) is 32.1 Å². The van der Waals surface area contributed by atoms with E-state index in [0.29, 0.717) is 25.9 Å². The van der Waals surface area contributed by atoms with Crippen molar-refractivity contribution in [2.75, 3.05) is 18.0 Å². The molecule has 1 amide bonds. The molecule has 0 atom stereocenters. The molecule has 0 aromatic heterocycles. The molecule has 20 heavy (non-hydrogen) atoms. The first kappa shape index (κ1) is 14.5. The summed E-state index contributed by atoms with van der Waals surface area (Å²) in [6.45, 7) is 1.01. The number of nitrogens with zero attached hydrogens (tertiary/aromatic N) is 2. The zero-order valence-corrected chi connectivity index (χ0v) is 11.7. The molecular formula is C16H21N3O. The normalized spacial score (nSPS) is 16.0. The number of benzene rings is 1. The fourth-order valence-electron chi connectivity index (χ4n) is 2.71. The minimum atomic E-state index is -0.00322. The highest BCUT2D eigenvalue weighted by atomic mass is 16.2.